The second-order valence-electron chi connectivity index (χ2n) is 19.4. The van der Waals surface area contributed by atoms with Gasteiger partial charge in [-0.15, -0.1) is 5.39 Å². The van der Waals surface area contributed by atoms with E-state index >= 15 is 0 Å². The molecule has 0 saturated carbocycles. The summed E-state index contributed by atoms with van der Waals surface area (Å²) in [6.45, 7) is 6.70. The standard InChI is InChI=1S/C64H46BN5O.Pt/c1-64(2,3)48-40-46(44-21-7-4-8-22-44)39-47(41-48)53-31-18-30-52(45-23-9-5-10-24-45)62(53)68-43-67(57-34-15-16-35-58(57)68)50-27-17-28-51(42-50)71-61-38-20-37-60(66-61)69-59-36-19-32-55-54-29-13-14-33-56(54)70(63(55)59)65(69)49-25-11-6-12-26-49;/h4-35,37-41H,1-3H3;/q-2;. The van der Waals surface area contributed by atoms with Gasteiger partial charge in [-0.2, -0.15) is 12.1 Å². The predicted octanol–water partition coefficient (Wildman–Crippen LogP) is 15.1. The van der Waals surface area contributed by atoms with Crippen molar-refractivity contribution >= 4 is 56.8 Å². The number of rotatable bonds is 9. The average molecular weight is 1110 g/mol. The van der Waals surface area contributed by atoms with E-state index in [4.69, 9.17) is 9.72 Å². The number of hydrogen-bond acceptors (Lipinski definition) is 3. The van der Waals surface area contributed by atoms with Crippen molar-refractivity contribution < 1.29 is 24.1 Å². The second kappa shape index (κ2) is 17.6. The van der Waals surface area contributed by atoms with E-state index in [0.29, 0.717) is 11.6 Å². The molecule has 6 nitrogen and oxygen atoms in total. The van der Waals surface area contributed by atoms with E-state index < -0.39 is 0 Å². The molecular formula is C64H46BN5OPt-2. The molecule has 0 spiro atoms. The van der Waals surface area contributed by atoms with E-state index in [2.05, 4.69) is 265 Å². The molecule has 4 heterocycles. The molecule has 0 bridgehead atoms. The molecule has 0 aliphatic carbocycles. The number of benzene rings is 9. The van der Waals surface area contributed by atoms with Gasteiger partial charge in [-0.25, -0.2) is 0 Å². The van der Waals surface area contributed by atoms with E-state index in [1.54, 1.807) is 0 Å². The number of anilines is 2. The molecule has 348 valence electrons. The Labute approximate surface area is 430 Å². The summed E-state index contributed by atoms with van der Waals surface area (Å²) < 4.78 is 14.9. The monoisotopic (exact) mass is 1110 g/mol. The number of pyridine rings is 1. The summed E-state index contributed by atoms with van der Waals surface area (Å²) in [6, 6.07) is 86.7. The molecule has 12 aromatic rings. The van der Waals surface area contributed by atoms with Crippen LogP contribution in [0.15, 0.2) is 224 Å². The van der Waals surface area contributed by atoms with Gasteiger partial charge >= 0.3 is 350 Å². The van der Waals surface area contributed by atoms with Crippen LogP contribution in [-0.4, -0.2) is 25.6 Å². The van der Waals surface area contributed by atoms with Gasteiger partial charge < -0.3 is 0 Å². The maximum absolute atomic E-state index is 6.73. The summed E-state index contributed by atoms with van der Waals surface area (Å²) in [4.78, 5) is 7.52. The Kier molecular flexibility index (Phi) is 10.7. The Morgan fingerprint density at radius 3 is 1.92 bits per heavy atom. The van der Waals surface area contributed by atoms with Crippen LogP contribution in [0.2, 0.25) is 0 Å². The van der Waals surface area contributed by atoms with Gasteiger partial charge in [-0.05, 0) is 11.5 Å². The van der Waals surface area contributed by atoms with Crippen LogP contribution in [0.5, 0.6) is 11.6 Å². The quantitative estimate of drug-likeness (QED) is 0.107. The van der Waals surface area contributed by atoms with Crippen LogP contribution >= 0.6 is 0 Å². The molecule has 13 rings (SSSR count). The molecule has 9 aromatic carbocycles. The molecule has 8 heteroatoms. The van der Waals surface area contributed by atoms with Crippen LogP contribution in [0, 0.1) is 15.9 Å². The fourth-order valence-electron chi connectivity index (χ4n) is 10.6. The first-order valence-electron chi connectivity index (χ1n) is 24.3. The van der Waals surface area contributed by atoms with Crippen LogP contribution < -0.4 is 15.0 Å². The molecule has 0 fully saturated rings. The average Bonchev–Trinajstić information content (AvgIpc) is 4.06. The Balaban J connectivity index is 0.931. The van der Waals surface area contributed by atoms with Crippen molar-refractivity contribution in [3.05, 3.63) is 246 Å². The fourth-order valence-corrected chi connectivity index (χ4v) is 11.7. The zero-order valence-corrected chi connectivity index (χ0v) is 42.2. The van der Waals surface area contributed by atoms with Crippen molar-refractivity contribution in [1.29, 1.82) is 0 Å². The Morgan fingerprint density at radius 2 is 1.17 bits per heavy atom. The van der Waals surface area contributed by atoms with Gasteiger partial charge in [0.05, 0.1) is 0 Å². The third kappa shape index (κ3) is 7.38. The summed E-state index contributed by atoms with van der Waals surface area (Å²) in [6.07, 6.45) is 0. The van der Waals surface area contributed by atoms with Crippen LogP contribution in [0.1, 0.15) is 26.3 Å². The first-order chi connectivity index (χ1) is 35.3. The van der Waals surface area contributed by atoms with E-state index in [9.17, 15) is 0 Å². The van der Waals surface area contributed by atoms with E-state index in [1.165, 1.54) is 33.0 Å². The van der Waals surface area contributed by atoms with Gasteiger partial charge in [0.2, 0.25) is 0 Å². The van der Waals surface area contributed by atoms with E-state index in [-0.39, 0.29) is 12.4 Å². The SMILES string of the molecule is CC(C)(C)c1cc(-c2ccccc2)cc(-c2cccc(-c3ccccc3)c2-n2[c](=[Pt])n(-c3[c-]c(Oc4cccc(N5B(c6ccccc6)n6c7ccccc7c7cc[c-]c5c76)n4)ccc3)c3ccccc32)c1. The van der Waals surface area contributed by atoms with Gasteiger partial charge in [0.1, 0.15) is 0 Å². The van der Waals surface area contributed by atoms with Gasteiger partial charge in [0, 0.05) is 5.52 Å². The van der Waals surface area contributed by atoms with E-state index in [0.717, 1.165) is 71.0 Å². The number of imidazole rings is 1. The summed E-state index contributed by atoms with van der Waals surface area (Å²) in [7, 11) is 0. The zero-order valence-electron chi connectivity index (χ0n) is 39.9. The van der Waals surface area contributed by atoms with Gasteiger partial charge in [-0.1, -0.05) is 48.5 Å². The zero-order chi connectivity index (χ0) is 48.5. The molecule has 0 unspecified atom stereocenters. The van der Waals surface area contributed by atoms with Crippen molar-refractivity contribution in [1.82, 2.24) is 18.6 Å². The molecule has 0 amide bonds. The third-order valence-electron chi connectivity index (χ3n) is 13.9. The van der Waals surface area contributed by atoms with E-state index in [1.807, 2.05) is 30.3 Å². The second-order valence-corrected chi connectivity index (χ2v) is 20.4. The molecule has 1 aliphatic heterocycles. The third-order valence-corrected chi connectivity index (χ3v) is 14.9. The molecule has 0 radical (unpaired) electrons. The number of aromatic nitrogens is 4. The Morgan fingerprint density at radius 1 is 0.542 bits per heavy atom. The molecular weight excluding hydrogens is 1060 g/mol. The maximum atomic E-state index is 6.73. The topological polar surface area (TPSA) is 40.1 Å². The number of para-hydroxylation sites is 4. The van der Waals surface area contributed by atoms with Crippen molar-refractivity contribution in [3.8, 4) is 56.4 Å². The first-order valence-corrected chi connectivity index (χ1v) is 25.5. The molecule has 1 aliphatic rings. The normalized spacial score (nSPS) is 12.4. The Bertz CT molecular complexity index is 4100. The fraction of sp³-hybridized carbons (Fsp3) is 0.0625. The summed E-state index contributed by atoms with van der Waals surface area (Å²) >= 11 is 2.50. The molecule has 0 N–H and O–H groups in total. The number of hydrogen-bond donors (Lipinski definition) is 0. The number of ether oxygens (including phenoxy) is 1. The van der Waals surface area contributed by atoms with Crippen LogP contribution in [0.3, 0.4) is 0 Å². The van der Waals surface area contributed by atoms with Crippen molar-refractivity contribution in [3.63, 3.8) is 0 Å². The molecule has 0 atom stereocenters. The van der Waals surface area contributed by atoms with Gasteiger partial charge in [0.15, 0.2) is 0 Å². The first kappa shape index (κ1) is 43.7. The predicted molar refractivity (Wildman–Crippen MR) is 292 cm³/mol. The van der Waals surface area contributed by atoms with Crippen LogP contribution in [-0.2, 0) is 24.8 Å². The number of nitrogens with zero attached hydrogens (tertiary/aromatic N) is 5. The van der Waals surface area contributed by atoms with Gasteiger partial charge in [-0.3, -0.25) is 0 Å². The van der Waals surface area contributed by atoms with Gasteiger partial charge in [0.25, 0.3) is 0 Å². The van der Waals surface area contributed by atoms with Crippen molar-refractivity contribution in [2.45, 2.75) is 26.2 Å². The number of fused-ring (bicyclic) bond motifs is 4. The summed E-state index contributed by atoms with van der Waals surface area (Å²) in [5, 5.41) is 2.42. The summed E-state index contributed by atoms with van der Waals surface area (Å²) in [5.41, 5.74) is 16.7. The van der Waals surface area contributed by atoms with Crippen molar-refractivity contribution in [2.24, 2.45) is 0 Å². The van der Waals surface area contributed by atoms with Crippen LogP contribution in [0.25, 0.3) is 77.6 Å². The Hall–Kier alpha value is -8.25. The molecule has 3 aromatic heterocycles. The minimum atomic E-state index is -0.184. The van der Waals surface area contributed by atoms with Crippen molar-refractivity contribution in [2.75, 3.05) is 4.81 Å². The molecule has 72 heavy (non-hydrogen) atoms. The summed E-state index contributed by atoms with van der Waals surface area (Å²) in [5.74, 6) is 1.79. The van der Waals surface area contributed by atoms with Crippen LogP contribution in [0.4, 0.5) is 11.5 Å². The molecule has 0 saturated heterocycles. The minimum absolute atomic E-state index is 0.0812.